The van der Waals surface area contributed by atoms with Gasteiger partial charge in [0.05, 0.1) is 19.5 Å². The van der Waals surface area contributed by atoms with Gasteiger partial charge in [-0.05, 0) is 18.9 Å². The molecule has 0 aliphatic heterocycles. The van der Waals surface area contributed by atoms with Gasteiger partial charge in [-0.1, -0.05) is 30.3 Å². The lowest BCUT2D eigenvalue weighted by atomic mass is 10.1. The summed E-state index contributed by atoms with van der Waals surface area (Å²) in [7, 11) is 0. The number of benzene rings is 1. The van der Waals surface area contributed by atoms with E-state index in [1.165, 1.54) is 11.9 Å². The molecule has 126 valence electrons. The van der Waals surface area contributed by atoms with Gasteiger partial charge in [0.15, 0.2) is 11.5 Å². The summed E-state index contributed by atoms with van der Waals surface area (Å²) in [6.07, 6.45) is 4.08. The van der Waals surface area contributed by atoms with E-state index in [4.69, 9.17) is 9.84 Å². The lowest BCUT2D eigenvalue weighted by Gasteiger charge is -2.14. The molecular weight excluding hydrogens is 306 g/mol. The lowest BCUT2D eigenvalue weighted by molar-refractivity contribution is 0.0499. The maximum absolute atomic E-state index is 8.79. The smallest absolute Gasteiger partial charge is 0.167 e. The molecule has 0 saturated carbocycles. The third-order valence-electron chi connectivity index (χ3n) is 3.64. The predicted molar refractivity (Wildman–Crippen MR) is 91.6 cm³/mol. The molecule has 0 spiro atoms. The number of nitrogens with zero attached hydrogens (tertiary/aromatic N) is 4. The second kappa shape index (κ2) is 7.85. The second-order valence-electron chi connectivity index (χ2n) is 5.60. The van der Waals surface area contributed by atoms with E-state index in [2.05, 4.69) is 39.3 Å². The van der Waals surface area contributed by atoms with E-state index < -0.39 is 0 Å². The quantitative estimate of drug-likeness (QED) is 0.614. The van der Waals surface area contributed by atoms with Crippen LogP contribution in [0.4, 0.5) is 5.82 Å². The first-order valence-electron chi connectivity index (χ1n) is 7.93. The van der Waals surface area contributed by atoms with Crippen molar-refractivity contribution in [2.24, 2.45) is 0 Å². The third-order valence-corrected chi connectivity index (χ3v) is 3.64. The summed E-state index contributed by atoms with van der Waals surface area (Å²) in [5, 5.41) is 12.2. The predicted octanol–water partition coefficient (Wildman–Crippen LogP) is 1.84. The van der Waals surface area contributed by atoms with Crippen molar-refractivity contribution in [3.63, 3.8) is 0 Å². The van der Waals surface area contributed by atoms with Crippen molar-refractivity contribution in [1.29, 1.82) is 0 Å². The van der Waals surface area contributed by atoms with Gasteiger partial charge in [-0.3, -0.25) is 4.57 Å². The molecule has 2 N–H and O–H groups in total. The number of aromatic nitrogens is 4. The van der Waals surface area contributed by atoms with Crippen LogP contribution in [-0.2, 0) is 17.9 Å². The molecular formula is C17H21N5O2. The van der Waals surface area contributed by atoms with E-state index in [1.807, 2.05) is 18.2 Å². The molecule has 2 aromatic heterocycles. The molecule has 3 aromatic rings. The molecule has 0 bridgehead atoms. The van der Waals surface area contributed by atoms with Crippen LogP contribution in [0, 0.1) is 0 Å². The fraction of sp³-hybridized carbons (Fsp3) is 0.353. The van der Waals surface area contributed by atoms with Gasteiger partial charge >= 0.3 is 0 Å². The summed E-state index contributed by atoms with van der Waals surface area (Å²) < 4.78 is 7.12. The number of imidazole rings is 1. The van der Waals surface area contributed by atoms with E-state index in [0.29, 0.717) is 23.7 Å². The summed E-state index contributed by atoms with van der Waals surface area (Å²) in [5.74, 6) is 0.712. The zero-order valence-corrected chi connectivity index (χ0v) is 13.6. The Morgan fingerprint density at radius 2 is 2.04 bits per heavy atom. The Hall–Kier alpha value is -2.51. The first kappa shape index (κ1) is 16.4. The van der Waals surface area contributed by atoms with Crippen LogP contribution in [0.5, 0.6) is 0 Å². The van der Waals surface area contributed by atoms with Gasteiger partial charge in [0.2, 0.25) is 0 Å². The molecule has 0 aliphatic carbocycles. The number of anilines is 1. The number of aliphatic hydroxyl groups excluding tert-OH is 1. The minimum absolute atomic E-state index is 0.00851. The SMILES string of the molecule is C[C@H](Cc1ccccc1)Nc1ncnc2c1ncn2COCCO. The standard InChI is InChI=1S/C17H21N5O2/c1-13(9-14-5-3-2-4-6-14)21-16-15-17(19-10-18-16)22(11-20-15)12-24-8-7-23/h2-6,10-11,13,23H,7-9,12H2,1H3,(H,18,19,21)/t13-/m1/s1. The van der Waals surface area contributed by atoms with Crippen LogP contribution >= 0.6 is 0 Å². The van der Waals surface area contributed by atoms with Crippen molar-refractivity contribution in [3.05, 3.63) is 48.5 Å². The van der Waals surface area contributed by atoms with Gasteiger partial charge < -0.3 is 15.2 Å². The fourth-order valence-corrected chi connectivity index (χ4v) is 2.56. The Morgan fingerprint density at radius 1 is 1.21 bits per heavy atom. The second-order valence-corrected chi connectivity index (χ2v) is 5.60. The molecule has 0 unspecified atom stereocenters. The summed E-state index contributed by atoms with van der Waals surface area (Å²) in [6, 6.07) is 10.5. The minimum Gasteiger partial charge on any atom is -0.394 e. The van der Waals surface area contributed by atoms with Crippen molar-refractivity contribution >= 4 is 17.0 Å². The van der Waals surface area contributed by atoms with Crippen LogP contribution in [-0.4, -0.2) is 43.9 Å². The highest BCUT2D eigenvalue weighted by molar-refractivity contribution is 5.82. The van der Waals surface area contributed by atoms with Crippen molar-refractivity contribution in [1.82, 2.24) is 19.5 Å². The number of hydrogen-bond donors (Lipinski definition) is 2. The lowest BCUT2D eigenvalue weighted by Crippen LogP contribution is -2.19. The molecule has 24 heavy (non-hydrogen) atoms. The zero-order chi connectivity index (χ0) is 16.8. The highest BCUT2D eigenvalue weighted by Crippen LogP contribution is 2.19. The minimum atomic E-state index is -0.00851. The van der Waals surface area contributed by atoms with Crippen LogP contribution < -0.4 is 5.32 Å². The van der Waals surface area contributed by atoms with E-state index in [1.54, 1.807) is 10.9 Å². The highest BCUT2D eigenvalue weighted by atomic mass is 16.5. The Kier molecular flexibility index (Phi) is 5.35. The van der Waals surface area contributed by atoms with E-state index in [-0.39, 0.29) is 19.3 Å². The van der Waals surface area contributed by atoms with Crippen LogP contribution in [0.25, 0.3) is 11.2 Å². The molecule has 7 heteroatoms. The molecule has 7 nitrogen and oxygen atoms in total. The third kappa shape index (κ3) is 3.87. The topological polar surface area (TPSA) is 85.1 Å². The molecule has 0 fully saturated rings. The summed E-state index contributed by atoms with van der Waals surface area (Å²) in [5.41, 5.74) is 2.69. The zero-order valence-electron chi connectivity index (χ0n) is 13.6. The Balaban J connectivity index is 1.72. The number of rotatable bonds is 8. The van der Waals surface area contributed by atoms with Crippen molar-refractivity contribution in [2.75, 3.05) is 18.5 Å². The van der Waals surface area contributed by atoms with Crippen LogP contribution in [0.3, 0.4) is 0 Å². The van der Waals surface area contributed by atoms with Gasteiger partial charge in [-0.15, -0.1) is 0 Å². The Bertz CT molecular complexity index is 775. The van der Waals surface area contributed by atoms with Gasteiger partial charge in [0, 0.05) is 6.04 Å². The normalized spacial score (nSPS) is 12.4. The van der Waals surface area contributed by atoms with Gasteiger partial charge in [0.25, 0.3) is 0 Å². The number of hydrogen-bond acceptors (Lipinski definition) is 6. The average Bonchev–Trinajstić information content (AvgIpc) is 3.00. The van der Waals surface area contributed by atoms with Crippen molar-refractivity contribution < 1.29 is 9.84 Å². The molecule has 1 aromatic carbocycles. The number of aliphatic hydroxyl groups is 1. The summed E-state index contributed by atoms with van der Waals surface area (Å²) in [6.45, 7) is 2.69. The molecule has 0 amide bonds. The molecule has 0 saturated heterocycles. The van der Waals surface area contributed by atoms with E-state index >= 15 is 0 Å². The van der Waals surface area contributed by atoms with Crippen molar-refractivity contribution in [2.45, 2.75) is 26.1 Å². The first-order valence-corrected chi connectivity index (χ1v) is 7.93. The van der Waals surface area contributed by atoms with Crippen molar-refractivity contribution in [3.8, 4) is 0 Å². The van der Waals surface area contributed by atoms with Crippen LogP contribution in [0.1, 0.15) is 12.5 Å². The number of fused-ring (bicyclic) bond motifs is 1. The Labute approximate surface area is 140 Å². The largest absolute Gasteiger partial charge is 0.394 e. The van der Waals surface area contributed by atoms with Gasteiger partial charge in [0.1, 0.15) is 18.6 Å². The monoisotopic (exact) mass is 327 g/mol. The van der Waals surface area contributed by atoms with Crippen LogP contribution in [0.2, 0.25) is 0 Å². The Morgan fingerprint density at radius 3 is 2.83 bits per heavy atom. The average molecular weight is 327 g/mol. The van der Waals surface area contributed by atoms with Gasteiger partial charge in [-0.25, -0.2) is 15.0 Å². The molecule has 0 radical (unpaired) electrons. The maximum atomic E-state index is 8.79. The molecule has 2 heterocycles. The van der Waals surface area contributed by atoms with Gasteiger partial charge in [-0.2, -0.15) is 0 Å². The fourth-order valence-electron chi connectivity index (χ4n) is 2.56. The first-order chi connectivity index (χ1) is 11.8. The maximum Gasteiger partial charge on any atom is 0.167 e. The number of ether oxygens (including phenoxy) is 1. The summed E-state index contributed by atoms with van der Waals surface area (Å²) in [4.78, 5) is 13.0. The van der Waals surface area contributed by atoms with E-state index in [0.717, 1.165) is 6.42 Å². The number of nitrogens with one attached hydrogen (secondary N) is 1. The molecule has 0 aliphatic rings. The molecule has 1 atom stereocenters. The van der Waals surface area contributed by atoms with Crippen LogP contribution in [0.15, 0.2) is 43.0 Å². The van der Waals surface area contributed by atoms with E-state index in [9.17, 15) is 0 Å². The molecule has 3 rings (SSSR count). The highest BCUT2D eigenvalue weighted by Gasteiger charge is 2.12. The summed E-state index contributed by atoms with van der Waals surface area (Å²) >= 11 is 0.